The number of methoxy groups -OCH3 is 1. The Hall–Kier alpha value is -3.36. The number of anilines is 1. The van der Waals surface area contributed by atoms with E-state index in [0.29, 0.717) is 24.2 Å². The molecule has 1 aromatic carbocycles. The van der Waals surface area contributed by atoms with Crippen molar-refractivity contribution in [2.45, 2.75) is 39.8 Å². The van der Waals surface area contributed by atoms with Crippen LogP contribution in [0, 0.1) is 26.7 Å². The largest absolute Gasteiger partial charge is 0.500 e. The Morgan fingerprint density at radius 1 is 1.18 bits per heavy atom. The lowest BCUT2D eigenvalue weighted by Gasteiger charge is -2.14. The van der Waals surface area contributed by atoms with E-state index in [1.807, 2.05) is 32.9 Å². The first-order valence-electron chi connectivity index (χ1n) is 10.5. The number of aromatic nitrogens is 1. The van der Waals surface area contributed by atoms with Gasteiger partial charge >= 0.3 is 12.2 Å². The van der Waals surface area contributed by atoms with Gasteiger partial charge in [-0.05, 0) is 56.0 Å². The summed E-state index contributed by atoms with van der Waals surface area (Å²) in [6.45, 7) is 6.09. The van der Waals surface area contributed by atoms with Crippen molar-refractivity contribution in [3.63, 3.8) is 0 Å². The molecule has 0 fully saturated rings. The third kappa shape index (κ3) is 5.53. The molecule has 2 aromatic rings. The summed E-state index contributed by atoms with van der Waals surface area (Å²) < 4.78 is 43.9. The van der Waals surface area contributed by atoms with Crippen LogP contribution in [0.25, 0.3) is 5.57 Å². The molecule has 0 bridgehead atoms. The van der Waals surface area contributed by atoms with E-state index in [4.69, 9.17) is 4.74 Å². The highest BCUT2D eigenvalue weighted by molar-refractivity contribution is 6.25. The van der Waals surface area contributed by atoms with E-state index < -0.39 is 17.8 Å². The molecule has 1 aliphatic rings. The lowest BCUT2D eigenvalue weighted by atomic mass is 9.90. The summed E-state index contributed by atoms with van der Waals surface area (Å²) in [4.78, 5) is 29.0. The lowest BCUT2D eigenvalue weighted by Crippen LogP contribution is -2.31. The number of pyridine rings is 1. The third-order valence-electron chi connectivity index (χ3n) is 5.61. The minimum atomic E-state index is -4.53. The van der Waals surface area contributed by atoms with Crippen LogP contribution in [-0.2, 0) is 15.7 Å². The van der Waals surface area contributed by atoms with Crippen LogP contribution in [0.2, 0.25) is 0 Å². The topological polar surface area (TPSA) is 80.3 Å². The molecular weight excluding hydrogens is 435 g/mol. The number of rotatable bonds is 6. The molecule has 2 amide bonds. The molecule has 3 rings (SSSR count). The normalized spacial score (nSPS) is 16.2. The molecule has 0 saturated heterocycles. The number of nitrogens with zero attached hydrogens (tertiary/aromatic N) is 1. The zero-order valence-electron chi connectivity index (χ0n) is 18.9. The Bertz CT molecular complexity index is 1090. The van der Waals surface area contributed by atoms with Crippen molar-refractivity contribution >= 4 is 23.2 Å². The first kappa shape index (κ1) is 24.3. The molecule has 1 aromatic heterocycles. The summed E-state index contributed by atoms with van der Waals surface area (Å²) in [6, 6.07) is 4.93. The van der Waals surface area contributed by atoms with Crippen LogP contribution in [0.5, 0.6) is 0 Å². The van der Waals surface area contributed by atoms with E-state index in [1.165, 1.54) is 7.11 Å². The van der Waals surface area contributed by atoms with Gasteiger partial charge in [0.1, 0.15) is 11.6 Å². The Kier molecular flexibility index (Phi) is 7.09. The van der Waals surface area contributed by atoms with Crippen LogP contribution in [-0.4, -0.2) is 30.5 Å². The molecule has 1 heterocycles. The lowest BCUT2D eigenvalue weighted by molar-refractivity contribution is -0.137. The monoisotopic (exact) mass is 461 g/mol. The van der Waals surface area contributed by atoms with Crippen LogP contribution in [0.1, 0.15) is 40.7 Å². The summed E-state index contributed by atoms with van der Waals surface area (Å²) in [7, 11) is 1.54. The van der Waals surface area contributed by atoms with E-state index in [-0.39, 0.29) is 24.1 Å². The minimum Gasteiger partial charge on any atom is -0.500 e. The van der Waals surface area contributed by atoms with Gasteiger partial charge < -0.3 is 10.1 Å². The zero-order valence-corrected chi connectivity index (χ0v) is 18.9. The van der Waals surface area contributed by atoms with Gasteiger partial charge in [-0.15, -0.1) is 0 Å². The van der Waals surface area contributed by atoms with E-state index in [0.717, 1.165) is 40.6 Å². The molecule has 0 saturated carbocycles. The van der Waals surface area contributed by atoms with Crippen molar-refractivity contribution in [3.8, 4) is 0 Å². The summed E-state index contributed by atoms with van der Waals surface area (Å²) >= 11 is 0. The molecule has 176 valence electrons. The molecule has 0 radical (unpaired) electrons. The van der Waals surface area contributed by atoms with Gasteiger partial charge in [0.2, 0.25) is 0 Å². The van der Waals surface area contributed by atoms with Crippen LogP contribution < -0.4 is 10.6 Å². The van der Waals surface area contributed by atoms with Gasteiger partial charge in [0.15, 0.2) is 5.78 Å². The number of carbonyl (C=O) groups excluding carboxylic acids is 2. The number of aryl methyl sites for hydroxylation is 3. The number of halogens is 3. The fourth-order valence-electron chi connectivity index (χ4n) is 4.21. The summed E-state index contributed by atoms with van der Waals surface area (Å²) in [6.07, 6.45) is -2.76. The van der Waals surface area contributed by atoms with Gasteiger partial charge in [0, 0.05) is 25.1 Å². The Balaban J connectivity index is 1.61. The smallest absolute Gasteiger partial charge is 0.416 e. The quantitative estimate of drug-likeness (QED) is 0.621. The number of ether oxygens (including phenoxy) is 1. The Morgan fingerprint density at radius 3 is 2.45 bits per heavy atom. The van der Waals surface area contributed by atoms with Crippen molar-refractivity contribution in [1.82, 2.24) is 10.3 Å². The van der Waals surface area contributed by atoms with Crippen molar-refractivity contribution in [2.75, 3.05) is 19.0 Å². The number of benzene rings is 1. The van der Waals surface area contributed by atoms with Crippen molar-refractivity contribution < 1.29 is 27.5 Å². The Morgan fingerprint density at radius 2 is 1.85 bits per heavy atom. The van der Waals surface area contributed by atoms with Crippen LogP contribution in [0.15, 0.2) is 36.2 Å². The average molecular weight is 461 g/mol. The standard InChI is InChI=1S/C24H26F3N3O3/c1-13-9-14(2)20(15(3)10-13)21-18(33-4)11-16(22(21)31)5-7-29-23(32)30-19-12-17(6-8-28-19)24(25,26)27/h6,8-10,12,16H,5,7,11H2,1-4H3,(H2,28,29,30,32). The zero-order chi connectivity index (χ0) is 24.3. The number of allylic oxidation sites excluding steroid dienone is 2. The van der Waals surface area contributed by atoms with Gasteiger partial charge in [-0.25, -0.2) is 9.78 Å². The second-order valence-electron chi connectivity index (χ2n) is 8.14. The molecule has 1 unspecified atom stereocenters. The highest BCUT2D eigenvalue weighted by Gasteiger charge is 2.36. The molecule has 0 spiro atoms. The summed E-state index contributed by atoms with van der Waals surface area (Å²) in [5.41, 5.74) is 3.66. The van der Waals surface area contributed by atoms with Gasteiger partial charge in [-0.3, -0.25) is 10.1 Å². The number of alkyl halides is 3. The molecule has 0 aliphatic heterocycles. The predicted molar refractivity (Wildman–Crippen MR) is 119 cm³/mol. The number of hydrogen-bond acceptors (Lipinski definition) is 4. The highest BCUT2D eigenvalue weighted by Crippen LogP contribution is 2.39. The molecule has 2 N–H and O–H groups in total. The van der Waals surface area contributed by atoms with Crippen LogP contribution in [0.3, 0.4) is 0 Å². The molecular formula is C24H26F3N3O3. The first-order chi connectivity index (χ1) is 15.5. The molecule has 1 aliphatic carbocycles. The minimum absolute atomic E-state index is 0.0383. The number of urea groups is 1. The first-order valence-corrected chi connectivity index (χ1v) is 10.5. The van der Waals surface area contributed by atoms with Crippen LogP contribution >= 0.6 is 0 Å². The van der Waals surface area contributed by atoms with Gasteiger partial charge in [0.05, 0.1) is 18.2 Å². The van der Waals surface area contributed by atoms with Crippen molar-refractivity contribution in [2.24, 2.45) is 5.92 Å². The maximum atomic E-state index is 13.2. The second-order valence-corrected chi connectivity index (χ2v) is 8.14. The number of hydrogen-bond donors (Lipinski definition) is 2. The maximum Gasteiger partial charge on any atom is 0.416 e. The number of ketones is 1. The fraction of sp³-hybridized carbons (Fsp3) is 0.375. The van der Waals surface area contributed by atoms with Gasteiger partial charge in [0.25, 0.3) is 0 Å². The predicted octanol–water partition coefficient (Wildman–Crippen LogP) is 5.18. The molecule has 33 heavy (non-hydrogen) atoms. The maximum absolute atomic E-state index is 13.2. The average Bonchev–Trinajstić information content (AvgIpc) is 3.02. The van der Waals surface area contributed by atoms with Gasteiger partial charge in [-0.1, -0.05) is 17.7 Å². The highest BCUT2D eigenvalue weighted by atomic mass is 19.4. The van der Waals surface area contributed by atoms with E-state index in [2.05, 4.69) is 15.6 Å². The third-order valence-corrected chi connectivity index (χ3v) is 5.61. The molecule has 1 atom stereocenters. The number of amides is 2. The number of nitrogens with one attached hydrogen (secondary N) is 2. The van der Waals surface area contributed by atoms with Gasteiger partial charge in [-0.2, -0.15) is 13.2 Å². The van der Waals surface area contributed by atoms with E-state index in [1.54, 1.807) is 0 Å². The van der Waals surface area contributed by atoms with E-state index >= 15 is 0 Å². The molecule has 9 heteroatoms. The summed E-state index contributed by atoms with van der Waals surface area (Å²) in [5, 5.41) is 4.86. The molecule has 6 nitrogen and oxygen atoms in total. The second kappa shape index (κ2) is 9.64. The summed E-state index contributed by atoms with van der Waals surface area (Å²) in [5.74, 6) is 0.0126. The fourth-order valence-corrected chi connectivity index (χ4v) is 4.21. The van der Waals surface area contributed by atoms with Crippen molar-refractivity contribution in [3.05, 3.63) is 64.0 Å². The number of carbonyl (C=O) groups is 2. The Labute approximate surface area is 190 Å². The SMILES string of the molecule is COC1=C(c2c(C)cc(C)cc2C)C(=O)C(CCNC(=O)Nc2cc(C(F)(F)F)ccn2)C1. The number of Topliss-reactive ketones (excluding diaryl/α,β-unsaturated/α-hetero) is 1. The van der Waals surface area contributed by atoms with Crippen LogP contribution in [0.4, 0.5) is 23.8 Å². The van der Waals surface area contributed by atoms with Crippen molar-refractivity contribution in [1.29, 1.82) is 0 Å². The van der Waals surface area contributed by atoms with E-state index in [9.17, 15) is 22.8 Å².